The quantitative estimate of drug-likeness (QED) is 0.808. The van der Waals surface area contributed by atoms with E-state index in [1.54, 1.807) is 6.07 Å². The molecule has 1 heterocycles. The molecule has 1 fully saturated rings. The molecule has 0 radical (unpaired) electrons. The predicted octanol–water partition coefficient (Wildman–Crippen LogP) is 2.99. The highest BCUT2D eigenvalue weighted by molar-refractivity contribution is 6.32. The van der Waals surface area contributed by atoms with Crippen LogP contribution in [0.2, 0.25) is 5.02 Å². The molecule has 0 bridgehead atoms. The third-order valence-electron chi connectivity index (χ3n) is 3.91. The molecule has 126 valence electrons. The van der Waals surface area contributed by atoms with Gasteiger partial charge in [0.1, 0.15) is 16.5 Å². The number of nitrogens with one attached hydrogen (secondary N) is 1. The normalized spacial score (nSPS) is 14.9. The number of hydrogen-bond donors (Lipinski definition) is 2. The van der Waals surface area contributed by atoms with E-state index in [1.165, 1.54) is 19.0 Å². The smallest absolute Gasteiger partial charge is 0.270 e. The van der Waals surface area contributed by atoms with E-state index < -0.39 is 6.04 Å². The minimum atomic E-state index is -0.494. The Hall–Kier alpha value is -2.11. The summed E-state index contributed by atoms with van der Waals surface area (Å²) in [7, 11) is 0. The zero-order valence-corrected chi connectivity index (χ0v) is 13.9. The minimum absolute atomic E-state index is 0.200. The SMILES string of the molecule is O=C(N[C@@H](CO)c1ccccc1)c1cc(OCC2CC2)c(Cl)cn1. The van der Waals surface area contributed by atoms with Crippen LogP contribution >= 0.6 is 11.6 Å². The number of pyridine rings is 1. The van der Waals surface area contributed by atoms with Crippen molar-refractivity contribution in [2.75, 3.05) is 13.2 Å². The van der Waals surface area contributed by atoms with Crippen LogP contribution in [0.4, 0.5) is 0 Å². The maximum atomic E-state index is 12.4. The lowest BCUT2D eigenvalue weighted by molar-refractivity contribution is 0.0910. The summed E-state index contributed by atoms with van der Waals surface area (Å²) in [5.74, 6) is 0.665. The molecule has 1 aromatic carbocycles. The number of aliphatic hydroxyl groups is 1. The number of carbonyl (C=O) groups is 1. The van der Waals surface area contributed by atoms with Crippen LogP contribution in [-0.4, -0.2) is 29.2 Å². The number of rotatable bonds is 7. The van der Waals surface area contributed by atoms with Gasteiger partial charge in [-0.15, -0.1) is 0 Å². The number of aliphatic hydroxyl groups excluding tert-OH is 1. The maximum absolute atomic E-state index is 12.4. The van der Waals surface area contributed by atoms with Crippen LogP contribution in [0.15, 0.2) is 42.6 Å². The fourth-order valence-corrected chi connectivity index (χ4v) is 2.46. The highest BCUT2D eigenvalue weighted by Gasteiger charge is 2.23. The lowest BCUT2D eigenvalue weighted by Crippen LogP contribution is -2.31. The lowest BCUT2D eigenvalue weighted by atomic mass is 10.1. The van der Waals surface area contributed by atoms with E-state index in [2.05, 4.69) is 10.3 Å². The van der Waals surface area contributed by atoms with E-state index in [0.717, 1.165) is 5.56 Å². The number of aromatic nitrogens is 1. The Balaban J connectivity index is 1.70. The van der Waals surface area contributed by atoms with Gasteiger partial charge < -0.3 is 15.2 Å². The van der Waals surface area contributed by atoms with Gasteiger partial charge in [-0.05, 0) is 24.3 Å². The summed E-state index contributed by atoms with van der Waals surface area (Å²) < 4.78 is 5.67. The topological polar surface area (TPSA) is 71.5 Å². The Labute approximate surface area is 145 Å². The number of ether oxygens (including phenoxy) is 1. The highest BCUT2D eigenvalue weighted by Crippen LogP contribution is 2.31. The van der Waals surface area contributed by atoms with E-state index in [-0.39, 0.29) is 18.2 Å². The number of carbonyl (C=O) groups excluding carboxylic acids is 1. The molecule has 1 aliphatic rings. The summed E-state index contributed by atoms with van der Waals surface area (Å²) in [6, 6.07) is 10.3. The maximum Gasteiger partial charge on any atom is 0.270 e. The Bertz CT molecular complexity index is 705. The molecule has 6 heteroatoms. The first-order chi connectivity index (χ1) is 11.7. The minimum Gasteiger partial charge on any atom is -0.492 e. The number of halogens is 1. The van der Waals surface area contributed by atoms with Crippen molar-refractivity contribution in [2.24, 2.45) is 5.92 Å². The molecule has 0 saturated heterocycles. The first-order valence-electron chi connectivity index (χ1n) is 7.92. The van der Waals surface area contributed by atoms with Crippen molar-refractivity contribution < 1.29 is 14.6 Å². The first-order valence-corrected chi connectivity index (χ1v) is 8.30. The Kier molecular flexibility index (Phi) is 5.33. The lowest BCUT2D eigenvalue weighted by Gasteiger charge is -2.17. The van der Waals surface area contributed by atoms with Gasteiger partial charge in [0.25, 0.3) is 5.91 Å². The molecule has 1 saturated carbocycles. The van der Waals surface area contributed by atoms with Crippen molar-refractivity contribution in [3.05, 3.63) is 58.9 Å². The van der Waals surface area contributed by atoms with Gasteiger partial charge in [0.15, 0.2) is 0 Å². The Morgan fingerprint density at radius 2 is 2.12 bits per heavy atom. The molecule has 1 aromatic heterocycles. The van der Waals surface area contributed by atoms with Gasteiger partial charge in [0, 0.05) is 6.07 Å². The summed E-state index contributed by atoms with van der Waals surface area (Å²) >= 11 is 6.07. The molecule has 2 aromatic rings. The van der Waals surface area contributed by atoms with E-state index in [4.69, 9.17) is 16.3 Å². The number of hydrogen-bond acceptors (Lipinski definition) is 4. The third-order valence-corrected chi connectivity index (χ3v) is 4.20. The highest BCUT2D eigenvalue weighted by atomic mass is 35.5. The molecule has 1 atom stereocenters. The van der Waals surface area contributed by atoms with Crippen molar-refractivity contribution in [3.8, 4) is 5.75 Å². The molecule has 0 aliphatic heterocycles. The van der Waals surface area contributed by atoms with Crippen molar-refractivity contribution in [1.29, 1.82) is 0 Å². The summed E-state index contributed by atoms with van der Waals surface area (Å²) in [6.07, 6.45) is 3.76. The zero-order chi connectivity index (χ0) is 16.9. The molecule has 1 aliphatic carbocycles. The van der Waals surface area contributed by atoms with E-state index >= 15 is 0 Å². The fraction of sp³-hybridized carbons (Fsp3) is 0.333. The van der Waals surface area contributed by atoms with Crippen LogP contribution in [-0.2, 0) is 0 Å². The van der Waals surface area contributed by atoms with Crippen LogP contribution in [0.25, 0.3) is 0 Å². The molecule has 24 heavy (non-hydrogen) atoms. The van der Waals surface area contributed by atoms with Gasteiger partial charge in [-0.1, -0.05) is 41.9 Å². The van der Waals surface area contributed by atoms with Crippen molar-refractivity contribution >= 4 is 17.5 Å². The second-order valence-electron chi connectivity index (χ2n) is 5.87. The van der Waals surface area contributed by atoms with Gasteiger partial charge in [-0.2, -0.15) is 0 Å². The second kappa shape index (κ2) is 7.64. The summed E-state index contributed by atoms with van der Waals surface area (Å²) in [6.45, 7) is 0.405. The molecular formula is C18H19ClN2O3. The van der Waals surface area contributed by atoms with E-state index in [1.807, 2.05) is 30.3 Å². The molecule has 1 amide bonds. The molecule has 5 nitrogen and oxygen atoms in total. The fourth-order valence-electron chi connectivity index (χ4n) is 2.30. The van der Waals surface area contributed by atoms with Crippen molar-refractivity contribution in [1.82, 2.24) is 10.3 Å². The van der Waals surface area contributed by atoms with Crippen LogP contribution < -0.4 is 10.1 Å². The summed E-state index contributed by atoms with van der Waals surface area (Å²) in [5, 5.41) is 12.7. The molecule has 0 unspecified atom stereocenters. The van der Waals surface area contributed by atoms with Gasteiger partial charge in [0.2, 0.25) is 0 Å². The predicted molar refractivity (Wildman–Crippen MR) is 91.2 cm³/mol. The monoisotopic (exact) mass is 346 g/mol. The average molecular weight is 347 g/mol. The zero-order valence-electron chi connectivity index (χ0n) is 13.1. The van der Waals surface area contributed by atoms with Gasteiger partial charge in [-0.3, -0.25) is 4.79 Å². The van der Waals surface area contributed by atoms with Gasteiger partial charge >= 0.3 is 0 Å². The van der Waals surface area contributed by atoms with Crippen molar-refractivity contribution in [2.45, 2.75) is 18.9 Å². The number of nitrogens with zero attached hydrogens (tertiary/aromatic N) is 1. The first kappa shape index (κ1) is 16.7. The second-order valence-corrected chi connectivity index (χ2v) is 6.28. The summed E-state index contributed by atoms with van der Waals surface area (Å²) in [4.78, 5) is 16.5. The van der Waals surface area contributed by atoms with Crippen LogP contribution in [0.3, 0.4) is 0 Å². The van der Waals surface area contributed by atoms with Crippen LogP contribution in [0, 0.1) is 5.92 Å². The molecule has 3 rings (SSSR count). The summed E-state index contributed by atoms with van der Waals surface area (Å²) in [5.41, 5.74) is 1.03. The Morgan fingerprint density at radius 1 is 1.38 bits per heavy atom. The van der Waals surface area contributed by atoms with Gasteiger partial charge in [0.05, 0.1) is 25.5 Å². The van der Waals surface area contributed by atoms with E-state index in [9.17, 15) is 9.90 Å². The van der Waals surface area contributed by atoms with Crippen LogP contribution in [0.5, 0.6) is 5.75 Å². The average Bonchev–Trinajstić information content (AvgIpc) is 3.44. The van der Waals surface area contributed by atoms with Crippen LogP contribution in [0.1, 0.15) is 34.9 Å². The number of amides is 1. The van der Waals surface area contributed by atoms with Gasteiger partial charge in [-0.25, -0.2) is 4.98 Å². The number of benzene rings is 1. The third kappa shape index (κ3) is 4.24. The Morgan fingerprint density at radius 3 is 2.79 bits per heavy atom. The largest absolute Gasteiger partial charge is 0.492 e. The standard InChI is InChI=1S/C18H19ClN2O3/c19-14-9-20-15(8-17(14)24-11-12-6-7-12)18(23)21-16(10-22)13-4-2-1-3-5-13/h1-5,8-9,12,16,22H,6-7,10-11H2,(H,21,23)/t16-/m0/s1. The van der Waals surface area contributed by atoms with E-state index in [0.29, 0.717) is 23.3 Å². The van der Waals surface area contributed by atoms with Crippen molar-refractivity contribution in [3.63, 3.8) is 0 Å². The molecule has 2 N–H and O–H groups in total. The molecule has 0 spiro atoms. The molecular weight excluding hydrogens is 328 g/mol.